The predicted molar refractivity (Wildman–Crippen MR) is 75.1 cm³/mol. The molecule has 98 valence electrons. The van der Waals surface area contributed by atoms with Gasteiger partial charge in [-0.15, -0.1) is 0 Å². The van der Waals surface area contributed by atoms with Crippen LogP contribution in [0.3, 0.4) is 0 Å². The van der Waals surface area contributed by atoms with Crippen LogP contribution in [0, 0.1) is 5.41 Å². The lowest BCUT2D eigenvalue weighted by molar-refractivity contribution is 0.277. The lowest BCUT2D eigenvalue weighted by Crippen LogP contribution is -2.26. The van der Waals surface area contributed by atoms with Crippen molar-refractivity contribution in [3.05, 3.63) is 23.8 Å². The molecule has 0 amide bonds. The van der Waals surface area contributed by atoms with Crippen LogP contribution in [0.5, 0.6) is 0 Å². The molecular formula is C14H25O2P. The molecule has 0 aromatic heterocycles. The highest BCUT2D eigenvalue weighted by atomic mass is 31.2. The Morgan fingerprint density at radius 1 is 1.29 bits per heavy atom. The summed E-state index contributed by atoms with van der Waals surface area (Å²) in [6.07, 6.45) is 8.27. The van der Waals surface area contributed by atoms with Gasteiger partial charge < -0.3 is 9.42 Å². The number of allylic oxidation sites excluding steroid dienone is 2. The normalized spacial score (nSPS) is 18.4. The van der Waals surface area contributed by atoms with Gasteiger partial charge in [0.05, 0.1) is 6.61 Å². The second kappa shape index (κ2) is 5.65. The van der Waals surface area contributed by atoms with E-state index in [9.17, 15) is 4.89 Å². The maximum Gasteiger partial charge on any atom is 0.174 e. The third kappa shape index (κ3) is 5.33. The van der Waals surface area contributed by atoms with Crippen LogP contribution in [0.15, 0.2) is 23.8 Å². The Morgan fingerprint density at radius 3 is 2.41 bits per heavy atom. The number of rotatable bonds is 5. The van der Waals surface area contributed by atoms with E-state index >= 15 is 0 Å². The molecule has 0 aromatic rings. The minimum atomic E-state index is -1.38. The molecule has 0 aliphatic heterocycles. The van der Waals surface area contributed by atoms with E-state index in [0.29, 0.717) is 6.61 Å². The van der Waals surface area contributed by atoms with E-state index in [1.807, 2.05) is 0 Å². The van der Waals surface area contributed by atoms with E-state index in [1.54, 1.807) is 0 Å². The Hall–Kier alpha value is -0.170. The van der Waals surface area contributed by atoms with Gasteiger partial charge in [0, 0.05) is 5.16 Å². The van der Waals surface area contributed by atoms with E-state index in [0.717, 1.165) is 12.8 Å². The molecule has 0 bridgehead atoms. The molecule has 1 unspecified atom stereocenters. The molecular weight excluding hydrogens is 231 g/mol. The summed E-state index contributed by atoms with van der Waals surface area (Å²) in [5.74, 6) is 0. The van der Waals surface area contributed by atoms with E-state index in [2.05, 4.69) is 52.8 Å². The van der Waals surface area contributed by atoms with Gasteiger partial charge in [0.15, 0.2) is 8.38 Å². The van der Waals surface area contributed by atoms with Gasteiger partial charge in [-0.05, 0) is 23.8 Å². The molecule has 3 heteroatoms. The zero-order chi connectivity index (χ0) is 13.1. The highest BCUT2D eigenvalue weighted by Gasteiger charge is 2.34. The Bertz CT molecular complexity index is 311. The van der Waals surface area contributed by atoms with Crippen molar-refractivity contribution in [2.75, 3.05) is 6.61 Å². The first-order chi connectivity index (χ1) is 7.71. The topological polar surface area (TPSA) is 29.5 Å². The minimum Gasteiger partial charge on any atom is -0.350 e. The molecule has 1 rings (SSSR count). The summed E-state index contributed by atoms with van der Waals surface area (Å²) in [6, 6.07) is 0. The molecule has 0 aromatic carbocycles. The maximum atomic E-state index is 10.2. The summed E-state index contributed by atoms with van der Waals surface area (Å²) in [5.41, 5.74) is 1.39. The van der Waals surface area contributed by atoms with Crippen LogP contribution in [0.4, 0.5) is 0 Å². The van der Waals surface area contributed by atoms with Gasteiger partial charge in [0.25, 0.3) is 0 Å². The van der Waals surface area contributed by atoms with Gasteiger partial charge in [-0.2, -0.15) is 0 Å². The average molecular weight is 256 g/mol. The molecule has 17 heavy (non-hydrogen) atoms. The predicted octanol–water partition coefficient (Wildman–Crippen LogP) is 4.41. The minimum absolute atomic E-state index is 0.156. The van der Waals surface area contributed by atoms with E-state index < -0.39 is 8.38 Å². The van der Waals surface area contributed by atoms with Crippen LogP contribution < -0.4 is 0 Å². The van der Waals surface area contributed by atoms with Crippen LogP contribution in [-0.4, -0.2) is 16.7 Å². The van der Waals surface area contributed by atoms with Gasteiger partial charge in [-0.25, -0.2) is 0 Å². The summed E-state index contributed by atoms with van der Waals surface area (Å²) in [6.45, 7) is 11.3. The Labute approximate surface area is 107 Å². The summed E-state index contributed by atoms with van der Waals surface area (Å²) < 4.78 is 5.64. The van der Waals surface area contributed by atoms with Crippen LogP contribution in [-0.2, 0) is 4.52 Å². The second-order valence-corrected chi connectivity index (χ2v) is 8.53. The summed E-state index contributed by atoms with van der Waals surface area (Å²) in [7, 11) is -1.38. The second-order valence-electron chi connectivity index (χ2n) is 6.51. The van der Waals surface area contributed by atoms with E-state index in [1.165, 1.54) is 5.57 Å². The highest BCUT2D eigenvalue weighted by Crippen LogP contribution is 2.52. The van der Waals surface area contributed by atoms with Crippen LogP contribution in [0.2, 0.25) is 0 Å². The monoisotopic (exact) mass is 256 g/mol. The fourth-order valence-corrected chi connectivity index (χ4v) is 3.52. The smallest absolute Gasteiger partial charge is 0.174 e. The van der Waals surface area contributed by atoms with Gasteiger partial charge in [0.1, 0.15) is 0 Å². The van der Waals surface area contributed by atoms with Crippen LogP contribution >= 0.6 is 8.38 Å². The molecule has 0 radical (unpaired) electrons. The lowest BCUT2D eigenvalue weighted by atomic mass is 9.86. The van der Waals surface area contributed by atoms with Gasteiger partial charge >= 0.3 is 0 Å². The van der Waals surface area contributed by atoms with Crippen molar-refractivity contribution in [2.24, 2.45) is 5.41 Å². The van der Waals surface area contributed by atoms with Gasteiger partial charge in [-0.1, -0.05) is 52.8 Å². The van der Waals surface area contributed by atoms with Crippen molar-refractivity contribution < 1.29 is 9.42 Å². The van der Waals surface area contributed by atoms with Gasteiger partial charge in [0.2, 0.25) is 0 Å². The standard InChI is InChI=1S/C14H25O2P/c1-13(2,3)11-14(4,5)17(15)16-10-12-8-6-7-9-12/h6,8-9,15H,7,10-11H2,1-5H3. The zero-order valence-corrected chi connectivity index (χ0v) is 12.6. The molecule has 0 saturated heterocycles. The molecule has 0 heterocycles. The third-order valence-electron chi connectivity index (χ3n) is 2.68. The van der Waals surface area contributed by atoms with Crippen LogP contribution in [0.25, 0.3) is 0 Å². The zero-order valence-electron chi connectivity index (χ0n) is 11.7. The lowest BCUT2D eigenvalue weighted by Gasteiger charge is -2.35. The Kier molecular flexibility index (Phi) is 4.95. The first-order valence-electron chi connectivity index (χ1n) is 6.18. The van der Waals surface area contributed by atoms with E-state index in [4.69, 9.17) is 4.52 Å². The quantitative estimate of drug-likeness (QED) is 0.738. The van der Waals surface area contributed by atoms with Gasteiger partial charge in [-0.3, -0.25) is 0 Å². The molecule has 0 spiro atoms. The van der Waals surface area contributed by atoms with Crippen molar-refractivity contribution in [1.29, 1.82) is 0 Å². The maximum absolute atomic E-state index is 10.2. The summed E-state index contributed by atoms with van der Waals surface area (Å²) in [4.78, 5) is 10.2. The number of hydrogen-bond acceptors (Lipinski definition) is 2. The number of hydrogen-bond donors (Lipinski definition) is 1. The molecule has 1 N–H and O–H groups in total. The molecule has 2 nitrogen and oxygen atoms in total. The van der Waals surface area contributed by atoms with Crippen molar-refractivity contribution in [1.82, 2.24) is 0 Å². The van der Waals surface area contributed by atoms with Crippen molar-refractivity contribution >= 4 is 8.38 Å². The molecule has 0 saturated carbocycles. The fourth-order valence-electron chi connectivity index (χ4n) is 2.29. The first-order valence-corrected chi connectivity index (χ1v) is 7.40. The Balaban J connectivity index is 2.44. The fraction of sp³-hybridized carbons (Fsp3) is 0.714. The Morgan fingerprint density at radius 2 is 1.94 bits per heavy atom. The molecule has 1 aliphatic carbocycles. The highest BCUT2D eigenvalue weighted by molar-refractivity contribution is 7.48. The molecule has 1 atom stereocenters. The third-order valence-corrected chi connectivity index (χ3v) is 4.25. The summed E-state index contributed by atoms with van der Waals surface area (Å²) in [5, 5.41) is -0.156. The average Bonchev–Trinajstić information content (AvgIpc) is 2.62. The largest absolute Gasteiger partial charge is 0.350 e. The van der Waals surface area contributed by atoms with Crippen LogP contribution in [0.1, 0.15) is 47.5 Å². The van der Waals surface area contributed by atoms with Crippen molar-refractivity contribution in [3.63, 3.8) is 0 Å². The molecule has 0 fully saturated rings. The molecule has 1 aliphatic rings. The van der Waals surface area contributed by atoms with Crippen molar-refractivity contribution in [2.45, 2.75) is 52.6 Å². The van der Waals surface area contributed by atoms with E-state index in [-0.39, 0.29) is 10.6 Å². The first kappa shape index (κ1) is 14.9. The summed E-state index contributed by atoms with van der Waals surface area (Å²) >= 11 is 0. The SMILES string of the molecule is CC(C)(C)CC(C)(C)P(O)OCC1=CCC=C1. The van der Waals surface area contributed by atoms with Crippen molar-refractivity contribution in [3.8, 4) is 0 Å².